The van der Waals surface area contributed by atoms with E-state index >= 15 is 0 Å². The van der Waals surface area contributed by atoms with Gasteiger partial charge in [-0.3, -0.25) is 4.79 Å². The van der Waals surface area contributed by atoms with E-state index in [1.165, 1.54) is 11.3 Å². The summed E-state index contributed by atoms with van der Waals surface area (Å²) in [6.45, 7) is 0. The van der Waals surface area contributed by atoms with E-state index in [1.807, 2.05) is 24.3 Å². The van der Waals surface area contributed by atoms with Crippen molar-refractivity contribution < 1.29 is 4.74 Å². The van der Waals surface area contributed by atoms with Gasteiger partial charge >= 0.3 is 4.87 Å². The molecule has 2 heterocycles. The SMILES string of the molecule is COc1ccc([C@H]2c3sc(=O)[nH]c3SC[C@@H]2C#N)cc1. The van der Waals surface area contributed by atoms with Crippen LogP contribution in [0, 0.1) is 17.2 Å². The molecule has 0 unspecified atom stereocenters. The van der Waals surface area contributed by atoms with Crippen LogP contribution in [0.3, 0.4) is 0 Å². The molecule has 1 aliphatic heterocycles. The van der Waals surface area contributed by atoms with E-state index in [9.17, 15) is 10.1 Å². The van der Waals surface area contributed by atoms with Gasteiger partial charge in [-0.1, -0.05) is 23.5 Å². The first-order valence-corrected chi connectivity index (χ1v) is 7.92. The van der Waals surface area contributed by atoms with E-state index in [0.717, 1.165) is 21.2 Å². The summed E-state index contributed by atoms with van der Waals surface area (Å²) in [6.07, 6.45) is 0. The summed E-state index contributed by atoms with van der Waals surface area (Å²) in [5.41, 5.74) is 1.05. The molecule has 0 radical (unpaired) electrons. The number of aromatic amines is 1. The van der Waals surface area contributed by atoms with Gasteiger partial charge in [-0.15, -0.1) is 11.8 Å². The predicted molar refractivity (Wildman–Crippen MR) is 79.6 cm³/mol. The minimum atomic E-state index is -0.118. The Hall–Kier alpha value is -1.71. The van der Waals surface area contributed by atoms with Crippen molar-refractivity contribution in [2.24, 2.45) is 5.92 Å². The molecule has 6 heteroatoms. The van der Waals surface area contributed by atoms with Gasteiger partial charge in [-0.05, 0) is 17.7 Å². The van der Waals surface area contributed by atoms with Gasteiger partial charge in [0, 0.05) is 16.5 Å². The molecule has 2 aromatic rings. The van der Waals surface area contributed by atoms with Crippen molar-refractivity contribution in [1.82, 2.24) is 4.98 Å². The Kier molecular flexibility index (Phi) is 3.55. The van der Waals surface area contributed by atoms with Crippen LogP contribution in [0.15, 0.2) is 34.1 Å². The number of benzene rings is 1. The average Bonchev–Trinajstić information content (AvgIpc) is 2.86. The average molecular weight is 304 g/mol. The second kappa shape index (κ2) is 5.35. The highest BCUT2D eigenvalue weighted by atomic mass is 32.2. The van der Waals surface area contributed by atoms with E-state index in [-0.39, 0.29) is 16.7 Å². The maximum absolute atomic E-state index is 11.6. The van der Waals surface area contributed by atoms with E-state index in [2.05, 4.69) is 11.1 Å². The third-order valence-corrected chi connectivity index (χ3v) is 5.61. The number of H-pyrrole nitrogens is 1. The van der Waals surface area contributed by atoms with Crippen molar-refractivity contribution in [3.05, 3.63) is 44.4 Å². The zero-order valence-electron chi connectivity index (χ0n) is 10.8. The summed E-state index contributed by atoms with van der Waals surface area (Å²) in [5, 5.41) is 10.3. The first-order valence-electron chi connectivity index (χ1n) is 6.12. The van der Waals surface area contributed by atoms with E-state index in [4.69, 9.17) is 4.74 Å². The Morgan fingerprint density at radius 3 is 2.80 bits per heavy atom. The van der Waals surface area contributed by atoms with Crippen molar-refractivity contribution in [1.29, 1.82) is 5.26 Å². The zero-order chi connectivity index (χ0) is 14.1. The number of hydrogen-bond donors (Lipinski definition) is 1. The highest BCUT2D eigenvalue weighted by Crippen LogP contribution is 2.44. The molecule has 0 aliphatic carbocycles. The minimum absolute atomic E-state index is 0.0360. The predicted octanol–water partition coefficient (Wildman–Crippen LogP) is 2.82. The lowest BCUT2D eigenvalue weighted by atomic mass is 9.86. The van der Waals surface area contributed by atoms with Crippen molar-refractivity contribution in [3.63, 3.8) is 0 Å². The van der Waals surface area contributed by atoms with Crippen LogP contribution in [0.25, 0.3) is 0 Å². The van der Waals surface area contributed by atoms with Crippen molar-refractivity contribution >= 4 is 23.1 Å². The van der Waals surface area contributed by atoms with Gasteiger partial charge in [0.2, 0.25) is 0 Å². The molecule has 0 saturated carbocycles. The Morgan fingerprint density at radius 2 is 2.15 bits per heavy atom. The van der Waals surface area contributed by atoms with Crippen LogP contribution in [-0.2, 0) is 0 Å². The maximum Gasteiger partial charge on any atom is 0.305 e. The van der Waals surface area contributed by atoms with Crippen LogP contribution in [0.1, 0.15) is 16.4 Å². The number of hydrogen-bond acceptors (Lipinski definition) is 5. The van der Waals surface area contributed by atoms with Gasteiger partial charge in [0.25, 0.3) is 0 Å². The fourth-order valence-electron chi connectivity index (χ4n) is 2.40. The molecule has 0 bridgehead atoms. The van der Waals surface area contributed by atoms with Gasteiger partial charge in [-0.2, -0.15) is 5.26 Å². The summed E-state index contributed by atoms with van der Waals surface area (Å²) >= 11 is 2.76. The lowest BCUT2D eigenvalue weighted by Gasteiger charge is -2.26. The number of nitriles is 1. The van der Waals surface area contributed by atoms with E-state index in [1.54, 1.807) is 18.9 Å². The molecule has 0 amide bonds. The van der Waals surface area contributed by atoms with E-state index in [0.29, 0.717) is 5.75 Å². The molecule has 0 fully saturated rings. The third kappa shape index (κ3) is 2.23. The molecular formula is C14H12N2O2S2. The van der Waals surface area contributed by atoms with Gasteiger partial charge in [0.05, 0.1) is 24.1 Å². The Morgan fingerprint density at radius 1 is 1.40 bits per heavy atom. The van der Waals surface area contributed by atoms with Crippen molar-refractivity contribution in [3.8, 4) is 11.8 Å². The molecule has 0 saturated heterocycles. The van der Waals surface area contributed by atoms with E-state index < -0.39 is 0 Å². The largest absolute Gasteiger partial charge is 0.497 e. The van der Waals surface area contributed by atoms with Gasteiger partial charge < -0.3 is 9.72 Å². The highest BCUT2D eigenvalue weighted by Gasteiger charge is 2.33. The number of ether oxygens (including phenoxy) is 1. The zero-order valence-corrected chi connectivity index (χ0v) is 12.4. The van der Waals surface area contributed by atoms with Gasteiger partial charge in [0.15, 0.2) is 0 Å². The number of thioether (sulfide) groups is 1. The molecule has 102 valence electrons. The number of nitrogens with zero attached hydrogens (tertiary/aromatic N) is 1. The van der Waals surface area contributed by atoms with Crippen molar-refractivity contribution in [2.45, 2.75) is 10.9 Å². The van der Waals surface area contributed by atoms with Crippen LogP contribution < -0.4 is 9.61 Å². The van der Waals surface area contributed by atoms with Crippen molar-refractivity contribution in [2.75, 3.05) is 12.9 Å². The summed E-state index contributed by atoms with van der Waals surface area (Å²) in [4.78, 5) is 15.4. The van der Waals surface area contributed by atoms with Crippen LogP contribution in [0.2, 0.25) is 0 Å². The third-order valence-electron chi connectivity index (χ3n) is 3.37. The summed E-state index contributed by atoms with van der Waals surface area (Å²) in [7, 11) is 1.63. The summed E-state index contributed by atoms with van der Waals surface area (Å²) in [6, 6.07) is 10.1. The summed E-state index contributed by atoms with van der Waals surface area (Å²) < 4.78 is 5.16. The normalized spacial score (nSPS) is 21.0. The molecule has 1 aliphatic rings. The Bertz CT molecular complexity index is 712. The number of rotatable bonds is 2. The number of thiazole rings is 1. The highest BCUT2D eigenvalue weighted by molar-refractivity contribution is 7.99. The second-order valence-corrected chi connectivity index (χ2v) is 6.55. The van der Waals surface area contributed by atoms with Crippen LogP contribution in [-0.4, -0.2) is 17.8 Å². The van der Waals surface area contributed by atoms with Gasteiger partial charge in [-0.25, -0.2) is 0 Å². The summed E-state index contributed by atoms with van der Waals surface area (Å²) in [5.74, 6) is 1.33. The van der Waals surface area contributed by atoms with Crippen LogP contribution >= 0.6 is 23.1 Å². The first kappa shape index (κ1) is 13.3. The molecule has 4 nitrogen and oxygen atoms in total. The fraction of sp³-hybridized carbons (Fsp3) is 0.286. The number of fused-ring (bicyclic) bond motifs is 1. The molecule has 1 aromatic carbocycles. The molecular weight excluding hydrogens is 292 g/mol. The lowest BCUT2D eigenvalue weighted by Crippen LogP contribution is -2.18. The maximum atomic E-state index is 11.6. The smallest absolute Gasteiger partial charge is 0.305 e. The minimum Gasteiger partial charge on any atom is -0.497 e. The first-order chi connectivity index (χ1) is 9.72. The fourth-order valence-corrected chi connectivity index (χ4v) is 4.73. The second-order valence-electron chi connectivity index (χ2n) is 4.51. The number of methoxy groups -OCH3 is 1. The topological polar surface area (TPSA) is 65.9 Å². The number of nitrogens with one attached hydrogen (secondary N) is 1. The molecule has 2 atom stereocenters. The lowest BCUT2D eigenvalue weighted by molar-refractivity contribution is 0.414. The molecule has 1 aromatic heterocycles. The Balaban J connectivity index is 2.08. The molecule has 1 N–H and O–H groups in total. The monoisotopic (exact) mass is 304 g/mol. The molecule has 20 heavy (non-hydrogen) atoms. The molecule has 0 spiro atoms. The number of aromatic nitrogens is 1. The Labute approximate surface area is 124 Å². The van der Waals surface area contributed by atoms with Crippen LogP contribution in [0.5, 0.6) is 5.75 Å². The standard InChI is InChI=1S/C14H12N2O2S2/c1-18-10-4-2-8(3-5-10)11-9(6-15)7-19-13-12(11)20-14(17)16-13/h2-5,9,11H,7H2,1H3,(H,16,17)/t9-,11+/m0/s1. The van der Waals surface area contributed by atoms with Gasteiger partial charge in [0.1, 0.15) is 5.75 Å². The molecule has 3 rings (SSSR count). The van der Waals surface area contributed by atoms with Crippen LogP contribution in [0.4, 0.5) is 0 Å². The quantitative estimate of drug-likeness (QED) is 0.926.